The zero-order valence-corrected chi connectivity index (χ0v) is 13.6. The molecule has 25 heavy (non-hydrogen) atoms. The summed E-state index contributed by atoms with van der Waals surface area (Å²) in [4.78, 5) is 22.0. The number of H-pyrrole nitrogens is 1. The van der Waals surface area contributed by atoms with Crippen LogP contribution < -0.4 is 10.5 Å². The molecule has 0 aliphatic heterocycles. The van der Waals surface area contributed by atoms with Crippen molar-refractivity contribution in [1.29, 1.82) is 0 Å². The predicted molar refractivity (Wildman–Crippen MR) is 90.4 cm³/mol. The highest BCUT2D eigenvalue weighted by Crippen LogP contribution is 2.17. The number of benzene rings is 2. The lowest BCUT2D eigenvalue weighted by molar-refractivity contribution is 0.553. The van der Waals surface area contributed by atoms with Crippen molar-refractivity contribution in [1.82, 2.24) is 19.7 Å². The number of aromatic amines is 1. The monoisotopic (exact) mass is 356 g/mol. The maximum Gasteiger partial charge on any atom is 0.417 e. The average Bonchev–Trinajstić information content (AvgIpc) is 2.99. The molecule has 0 aliphatic carbocycles. The number of nitrogens with zero attached hydrogens (tertiary/aromatic N) is 2. The maximum atomic E-state index is 12.5. The van der Waals surface area contributed by atoms with Crippen molar-refractivity contribution in [2.45, 2.75) is 11.4 Å². The molecule has 0 aliphatic rings. The topological polar surface area (TPSA) is 118 Å². The Bertz CT molecular complexity index is 1240. The van der Waals surface area contributed by atoms with Crippen molar-refractivity contribution >= 4 is 32.2 Å². The van der Waals surface area contributed by atoms with Crippen molar-refractivity contribution < 1.29 is 12.8 Å². The van der Waals surface area contributed by atoms with E-state index in [0.717, 1.165) is 11.1 Å². The highest BCUT2D eigenvalue weighted by atomic mass is 32.2. The van der Waals surface area contributed by atoms with Crippen LogP contribution in [0, 0.1) is 0 Å². The summed E-state index contributed by atoms with van der Waals surface area (Å²) >= 11 is 0. The summed E-state index contributed by atoms with van der Waals surface area (Å²) in [5.74, 6) is -0.630. The molecular weight excluding hydrogens is 344 g/mol. The van der Waals surface area contributed by atoms with Gasteiger partial charge in [-0.3, -0.25) is 15.0 Å². The molecule has 126 valence electrons. The van der Waals surface area contributed by atoms with Gasteiger partial charge in [-0.2, -0.15) is 0 Å². The van der Waals surface area contributed by atoms with E-state index < -0.39 is 15.8 Å². The number of rotatable bonds is 4. The summed E-state index contributed by atoms with van der Waals surface area (Å²) in [5, 5.41) is 0. The third-order valence-corrected chi connectivity index (χ3v) is 5.10. The number of aromatic nitrogens is 3. The van der Waals surface area contributed by atoms with Gasteiger partial charge in [-0.05, 0) is 29.8 Å². The fourth-order valence-corrected chi connectivity index (χ4v) is 3.51. The Morgan fingerprint density at radius 2 is 1.84 bits per heavy atom. The lowest BCUT2D eigenvalue weighted by Gasteiger charge is -2.07. The first-order valence-corrected chi connectivity index (χ1v) is 8.82. The number of sulfonamides is 1. The average molecular weight is 356 g/mol. The normalized spacial score (nSPS) is 12.0. The Morgan fingerprint density at radius 1 is 1.04 bits per heavy atom. The number of nitrogens with one attached hydrogen (secondary N) is 2. The lowest BCUT2D eigenvalue weighted by Crippen LogP contribution is -2.23. The van der Waals surface area contributed by atoms with Gasteiger partial charge in [0.1, 0.15) is 0 Å². The Hall–Kier alpha value is -3.04. The van der Waals surface area contributed by atoms with Crippen molar-refractivity contribution in [3.05, 3.63) is 64.9 Å². The molecule has 2 aromatic heterocycles. The van der Waals surface area contributed by atoms with E-state index in [9.17, 15) is 13.2 Å². The molecule has 0 bridgehead atoms. The van der Waals surface area contributed by atoms with E-state index in [1.54, 1.807) is 30.6 Å². The van der Waals surface area contributed by atoms with Crippen LogP contribution in [0.2, 0.25) is 0 Å². The third-order valence-electron chi connectivity index (χ3n) is 3.70. The van der Waals surface area contributed by atoms with E-state index in [4.69, 9.17) is 4.42 Å². The molecule has 0 amide bonds. The van der Waals surface area contributed by atoms with Crippen LogP contribution in [0.15, 0.2) is 62.9 Å². The fraction of sp³-hybridized carbons (Fsp3) is 0.0625. The summed E-state index contributed by atoms with van der Waals surface area (Å²) in [6.45, 7) is 0.101. The molecule has 4 rings (SSSR count). The first kappa shape index (κ1) is 15.5. The van der Waals surface area contributed by atoms with Gasteiger partial charge in [-0.15, -0.1) is 0 Å². The highest BCUT2D eigenvalue weighted by molar-refractivity contribution is 7.89. The van der Waals surface area contributed by atoms with Crippen LogP contribution in [-0.4, -0.2) is 23.4 Å². The number of hydrogen-bond acceptors (Lipinski definition) is 6. The molecule has 9 heteroatoms. The molecule has 0 saturated carbocycles. The van der Waals surface area contributed by atoms with E-state index in [-0.39, 0.29) is 17.0 Å². The summed E-state index contributed by atoms with van der Waals surface area (Å²) in [5.41, 5.74) is 2.81. The minimum absolute atomic E-state index is 0.0170. The molecule has 2 N–H and O–H groups in total. The molecule has 0 atom stereocenters. The Kier molecular flexibility index (Phi) is 3.59. The van der Waals surface area contributed by atoms with Gasteiger partial charge in [0, 0.05) is 25.0 Å². The molecular formula is C16H12N4O4S. The number of fused-ring (bicyclic) bond motifs is 2. The van der Waals surface area contributed by atoms with E-state index in [0.29, 0.717) is 11.0 Å². The van der Waals surface area contributed by atoms with Gasteiger partial charge in [0.2, 0.25) is 10.0 Å². The SMILES string of the molecule is O=c1[nH]c2ccc(S(=O)(=O)NCc3ccc4nccnc4c3)cc2o1. The van der Waals surface area contributed by atoms with E-state index in [1.165, 1.54) is 18.2 Å². The van der Waals surface area contributed by atoms with Crippen LogP contribution in [-0.2, 0) is 16.6 Å². The molecule has 0 radical (unpaired) electrons. The van der Waals surface area contributed by atoms with Crippen LogP contribution >= 0.6 is 0 Å². The van der Waals surface area contributed by atoms with Gasteiger partial charge in [-0.25, -0.2) is 17.9 Å². The van der Waals surface area contributed by atoms with E-state index >= 15 is 0 Å². The maximum absolute atomic E-state index is 12.5. The summed E-state index contributed by atoms with van der Waals surface area (Å²) in [7, 11) is -3.76. The van der Waals surface area contributed by atoms with Crippen molar-refractivity contribution in [3.63, 3.8) is 0 Å². The Balaban J connectivity index is 1.59. The summed E-state index contributed by atoms with van der Waals surface area (Å²) < 4.78 is 32.3. The van der Waals surface area contributed by atoms with Gasteiger partial charge >= 0.3 is 5.76 Å². The minimum Gasteiger partial charge on any atom is -0.408 e. The highest BCUT2D eigenvalue weighted by Gasteiger charge is 2.16. The smallest absolute Gasteiger partial charge is 0.408 e. The summed E-state index contributed by atoms with van der Waals surface area (Å²) in [6.07, 6.45) is 3.18. The van der Waals surface area contributed by atoms with E-state index in [2.05, 4.69) is 19.7 Å². The molecule has 4 aromatic rings. The second-order valence-electron chi connectivity index (χ2n) is 5.38. The van der Waals surface area contributed by atoms with Gasteiger partial charge in [0.05, 0.1) is 21.4 Å². The molecule has 0 unspecified atom stereocenters. The summed E-state index contributed by atoms with van der Waals surface area (Å²) in [6, 6.07) is 9.55. The van der Waals surface area contributed by atoms with Crippen LogP contribution in [0.1, 0.15) is 5.56 Å². The first-order chi connectivity index (χ1) is 12.0. The van der Waals surface area contributed by atoms with Crippen LogP contribution in [0.4, 0.5) is 0 Å². The number of hydrogen-bond donors (Lipinski definition) is 2. The van der Waals surface area contributed by atoms with Crippen LogP contribution in [0.25, 0.3) is 22.1 Å². The second kappa shape index (κ2) is 5.80. The van der Waals surface area contributed by atoms with Gasteiger partial charge in [-0.1, -0.05) is 6.07 Å². The van der Waals surface area contributed by atoms with Gasteiger partial charge in [0.25, 0.3) is 0 Å². The van der Waals surface area contributed by atoms with Crippen molar-refractivity contribution in [2.75, 3.05) is 0 Å². The Labute approximate surface area is 141 Å². The van der Waals surface area contributed by atoms with Gasteiger partial charge < -0.3 is 4.42 Å². The lowest BCUT2D eigenvalue weighted by atomic mass is 10.2. The third kappa shape index (κ3) is 3.02. The fourth-order valence-electron chi connectivity index (χ4n) is 2.47. The predicted octanol–water partition coefficient (Wildman–Crippen LogP) is 1.54. The first-order valence-electron chi connectivity index (χ1n) is 7.33. The zero-order valence-electron chi connectivity index (χ0n) is 12.8. The second-order valence-corrected chi connectivity index (χ2v) is 7.14. The molecule has 2 aromatic carbocycles. The molecule has 0 fully saturated rings. The van der Waals surface area contributed by atoms with Crippen LogP contribution in [0.5, 0.6) is 0 Å². The Morgan fingerprint density at radius 3 is 2.68 bits per heavy atom. The molecule has 8 nitrogen and oxygen atoms in total. The standard InChI is InChI=1S/C16H12N4O4S/c21-16-20-13-4-2-11(8-15(13)24-16)25(22,23)19-9-10-1-3-12-14(7-10)18-6-5-17-12/h1-8,19H,9H2,(H,20,21). The minimum atomic E-state index is -3.76. The molecule has 0 spiro atoms. The largest absolute Gasteiger partial charge is 0.417 e. The zero-order chi connectivity index (χ0) is 17.4. The molecule has 0 saturated heterocycles. The number of oxazole rings is 1. The van der Waals surface area contributed by atoms with Crippen molar-refractivity contribution in [3.8, 4) is 0 Å². The van der Waals surface area contributed by atoms with Crippen molar-refractivity contribution in [2.24, 2.45) is 0 Å². The quantitative estimate of drug-likeness (QED) is 0.573. The van der Waals surface area contributed by atoms with Gasteiger partial charge in [0.15, 0.2) is 5.58 Å². The molecule has 2 heterocycles. The van der Waals surface area contributed by atoms with E-state index in [1.807, 2.05) is 0 Å². The van der Waals surface area contributed by atoms with Crippen LogP contribution in [0.3, 0.4) is 0 Å².